The molecule has 19 heavy (non-hydrogen) atoms. The third-order valence-electron chi connectivity index (χ3n) is 2.33. The Bertz CT molecular complexity index is 616. The number of hydrogen-bond donors (Lipinski definition) is 1. The maximum atomic E-state index is 11.5. The van der Waals surface area contributed by atoms with Crippen molar-refractivity contribution in [1.29, 1.82) is 0 Å². The van der Waals surface area contributed by atoms with E-state index in [0.29, 0.717) is 28.2 Å². The van der Waals surface area contributed by atoms with Gasteiger partial charge in [-0.15, -0.1) is 0 Å². The molecule has 0 aliphatic carbocycles. The molecule has 4 nitrogen and oxygen atoms in total. The predicted molar refractivity (Wildman–Crippen MR) is 76.6 cm³/mol. The van der Waals surface area contributed by atoms with Gasteiger partial charge < -0.3 is 9.72 Å². The number of benzene rings is 1. The van der Waals surface area contributed by atoms with Crippen LogP contribution in [0.25, 0.3) is 0 Å². The van der Waals surface area contributed by atoms with Crippen molar-refractivity contribution in [3.8, 4) is 0 Å². The lowest BCUT2D eigenvalue weighted by Crippen LogP contribution is -2.10. The van der Waals surface area contributed by atoms with Crippen molar-refractivity contribution < 1.29 is 4.74 Å². The number of rotatable bonds is 5. The van der Waals surface area contributed by atoms with Crippen molar-refractivity contribution in [2.75, 3.05) is 7.11 Å². The van der Waals surface area contributed by atoms with Crippen LogP contribution in [0, 0.1) is 0 Å². The summed E-state index contributed by atoms with van der Waals surface area (Å²) in [5.74, 6) is 0.694. The number of halogens is 1. The van der Waals surface area contributed by atoms with Crippen LogP contribution in [-0.2, 0) is 17.1 Å². The molecule has 2 rings (SSSR count). The molecule has 0 unspecified atom stereocenters. The summed E-state index contributed by atoms with van der Waals surface area (Å²) in [6, 6.07) is 9.04. The maximum absolute atomic E-state index is 11.5. The Morgan fingerprint density at radius 2 is 2.26 bits per heavy atom. The molecule has 0 aliphatic rings. The first-order valence-electron chi connectivity index (χ1n) is 5.64. The normalized spacial score (nSPS) is 10.6. The van der Waals surface area contributed by atoms with Gasteiger partial charge in [-0.2, -0.15) is 0 Å². The highest BCUT2D eigenvalue weighted by atomic mass is 35.5. The van der Waals surface area contributed by atoms with Gasteiger partial charge in [-0.3, -0.25) is 4.79 Å². The van der Waals surface area contributed by atoms with E-state index in [1.54, 1.807) is 7.11 Å². The van der Waals surface area contributed by atoms with Crippen LogP contribution in [0.2, 0.25) is 5.02 Å². The number of aromatic nitrogens is 2. The summed E-state index contributed by atoms with van der Waals surface area (Å²) >= 11 is 7.37. The second kappa shape index (κ2) is 6.75. The molecular weight excluding hydrogens is 284 g/mol. The fourth-order valence-corrected chi connectivity index (χ4v) is 2.60. The number of ether oxygens (including phenoxy) is 1. The summed E-state index contributed by atoms with van der Waals surface area (Å²) in [6.07, 6.45) is 0. The SMILES string of the molecule is COCc1cc(=O)[nH]c(SCc2cccc(Cl)c2)n1. The Kier molecular flexibility index (Phi) is 5.01. The van der Waals surface area contributed by atoms with Crippen molar-refractivity contribution in [2.45, 2.75) is 17.5 Å². The minimum absolute atomic E-state index is 0.171. The van der Waals surface area contributed by atoms with Crippen LogP contribution in [0.1, 0.15) is 11.3 Å². The van der Waals surface area contributed by atoms with Gasteiger partial charge in [0, 0.05) is 24.0 Å². The number of nitrogens with one attached hydrogen (secondary N) is 1. The standard InChI is InChI=1S/C13H13ClN2O2S/c1-18-7-11-6-12(17)16-13(15-11)19-8-9-3-2-4-10(14)5-9/h2-6H,7-8H2,1H3,(H,15,16,17). The average Bonchev–Trinajstić information content (AvgIpc) is 2.36. The number of H-pyrrole nitrogens is 1. The molecule has 0 bridgehead atoms. The zero-order valence-corrected chi connectivity index (χ0v) is 11.9. The lowest BCUT2D eigenvalue weighted by molar-refractivity contribution is 0.180. The third kappa shape index (κ3) is 4.38. The van der Waals surface area contributed by atoms with Gasteiger partial charge in [-0.05, 0) is 17.7 Å². The highest BCUT2D eigenvalue weighted by Crippen LogP contribution is 2.20. The number of nitrogens with zero attached hydrogens (tertiary/aromatic N) is 1. The molecule has 1 aromatic heterocycles. The van der Waals surface area contributed by atoms with Gasteiger partial charge in [0.2, 0.25) is 0 Å². The van der Waals surface area contributed by atoms with Gasteiger partial charge in [0.15, 0.2) is 5.16 Å². The van der Waals surface area contributed by atoms with Gasteiger partial charge in [-0.25, -0.2) is 4.98 Å². The average molecular weight is 297 g/mol. The molecule has 0 aliphatic heterocycles. The summed E-state index contributed by atoms with van der Waals surface area (Å²) in [5, 5.41) is 1.28. The summed E-state index contributed by atoms with van der Waals surface area (Å²) in [4.78, 5) is 18.5. The van der Waals surface area contributed by atoms with E-state index in [1.807, 2.05) is 24.3 Å². The van der Waals surface area contributed by atoms with Gasteiger partial charge in [0.05, 0.1) is 12.3 Å². The van der Waals surface area contributed by atoms with Crippen LogP contribution in [0.5, 0.6) is 0 Å². The monoisotopic (exact) mass is 296 g/mol. The molecule has 100 valence electrons. The van der Waals surface area contributed by atoms with Gasteiger partial charge in [-0.1, -0.05) is 35.5 Å². The Balaban J connectivity index is 2.09. The van der Waals surface area contributed by atoms with E-state index < -0.39 is 0 Å². The molecule has 0 atom stereocenters. The Hall–Kier alpha value is -1.30. The first kappa shape index (κ1) is 14.1. The fourth-order valence-electron chi connectivity index (χ4n) is 1.55. The van der Waals surface area contributed by atoms with Crippen molar-refractivity contribution in [1.82, 2.24) is 9.97 Å². The molecule has 1 heterocycles. The van der Waals surface area contributed by atoms with Gasteiger partial charge in [0.1, 0.15) is 0 Å². The molecule has 0 amide bonds. The van der Waals surface area contributed by atoms with Crippen LogP contribution in [0.15, 0.2) is 40.3 Å². The van der Waals surface area contributed by atoms with E-state index in [0.717, 1.165) is 5.56 Å². The molecule has 0 fully saturated rings. The van der Waals surface area contributed by atoms with E-state index in [1.165, 1.54) is 17.8 Å². The van der Waals surface area contributed by atoms with Crippen LogP contribution in [0.4, 0.5) is 0 Å². The lowest BCUT2D eigenvalue weighted by atomic mass is 10.2. The number of hydrogen-bond acceptors (Lipinski definition) is 4. The van der Waals surface area contributed by atoms with Crippen molar-refractivity contribution >= 4 is 23.4 Å². The van der Waals surface area contributed by atoms with E-state index in [2.05, 4.69) is 9.97 Å². The van der Waals surface area contributed by atoms with Crippen molar-refractivity contribution in [3.05, 3.63) is 57.0 Å². The molecule has 0 radical (unpaired) electrons. The van der Waals surface area contributed by atoms with Crippen LogP contribution in [0.3, 0.4) is 0 Å². The minimum atomic E-state index is -0.171. The van der Waals surface area contributed by atoms with E-state index in [-0.39, 0.29) is 5.56 Å². The zero-order chi connectivity index (χ0) is 13.7. The highest BCUT2D eigenvalue weighted by molar-refractivity contribution is 7.98. The maximum Gasteiger partial charge on any atom is 0.251 e. The Morgan fingerprint density at radius 3 is 3.00 bits per heavy atom. The quantitative estimate of drug-likeness (QED) is 0.681. The first-order valence-corrected chi connectivity index (χ1v) is 7.00. The van der Waals surface area contributed by atoms with E-state index in [9.17, 15) is 4.79 Å². The smallest absolute Gasteiger partial charge is 0.251 e. The number of aromatic amines is 1. The van der Waals surface area contributed by atoms with Crippen LogP contribution < -0.4 is 5.56 Å². The second-order valence-corrected chi connectivity index (χ2v) is 5.29. The first-order chi connectivity index (χ1) is 9.17. The summed E-state index contributed by atoms with van der Waals surface area (Å²) < 4.78 is 4.97. The van der Waals surface area contributed by atoms with Crippen molar-refractivity contribution in [3.63, 3.8) is 0 Å². The molecule has 6 heteroatoms. The summed E-state index contributed by atoms with van der Waals surface area (Å²) in [5.41, 5.74) is 1.53. The topological polar surface area (TPSA) is 55.0 Å². The fraction of sp³-hybridized carbons (Fsp3) is 0.231. The highest BCUT2D eigenvalue weighted by Gasteiger charge is 2.03. The van der Waals surface area contributed by atoms with Crippen molar-refractivity contribution in [2.24, 2.45) is 0 Å². The Labute approximate surface area is 120 Å². The molecule has 1 N–H and O–H groups in total. The minimum Gasteiger partial charge on any atom is -0.378 e. The van der Waals surface area contributed by atoms with Gasteiger partial charge >= 0.3 is 0 Å². The molecule has 0 spiro atoms. The summed E-state index contributed by atoms with van der Waals surface area (Å²) in [6.45, 7) is 0.328. The Morgan fingerprint density at radius 1 is 1.42 bits per heavy atom. The van der Waals surface area contributed by atoms with Crippen LogP contribution in [-0.4, -0.2) is 17.1 Å². The van der Waals surface area contributed by atoms with E-state index in [4.69, 9.17) is 16.3 Å². The second-order valence-electron chi connectivity index (χ2n) is 3.89. The lowest BCUT2D eigenvalue weighted by Gasteiger charge is -2.04. The zero-order valence-electron chi connectivity index (χ0n) is 10.4. The van der Waals surface area contributed by atoms with E-state index >= 15 is 0 Å². The van der Waals surface area contributed by atoms with Gasteiger partial charge in [0.25, 0.3) is 5.56 Å². The largest absolute Gasteiger partial charge is 0.378 e. The molecule has 0 saturated heterocycles. The number of thioether (sulfide) groups is 1. The molecule has 0 saturated carbocycles. The molecule has 2 aromatic rings. The summed E-state index contributed by atoms with van der Waals surface area (Å²) in [7, 11) is 1.57. The predicted octanol–water partition coefficient (Wildman–Crippen LogP) is 2.86. The third-order valence-corrected chi connectivity index (χ3v) is 3.51. The van der Waals surface area contributed by atoms with Crippen LogP contribution >= 0.6 is 23.4 Å². The molecular formula is C13H13ClN2O2S. The molecule has 1 aromatic carbocycles. The number of methoxy groups -OCH3 is 1.